The van der Waals surface area contributed by atoms with Crippen LogP contribution in [0.4, 0.5) is 4.79 Å². The fourth-order valence-electron chi connectivity index (χ4n) is 2.96. The summed E-state index contributed by atoms with van der Waals surface area (Å²) in [6, 6.07) is 0.848. The number of hydrogen-bond acceptors (Lipinski definition) is 3. The van der Waals surface area contributed by atoms with Crippen molar-refractivity contribution in [2.75, 3.05) is 37.7 Å². The summed E-state index contributed by atoms with van der Waals surface area (Å²) in [4.78, 5) is 16.8. The Kier molecular flexibility index (Phi) is 5.61. The van der Waals surface area contributed by atoms with Crippen LogP contribution in [0.3, 0.4) is 0 Å². The molecule has 0 aromatic heterocycles. The van der Waals surface area contributed by atoms with Crippen LogP contribution in [0.5, 0.6) is 0 Å². The minimum absolute atomic E-state index is 0.0959. The van der Waals surface area contributed by atoms with Gasteiger partial charge in [0.1, 0.15) is 0 Å². The Balaban J connectivity index is 1.83. The predicted molar refractivity (Wildman–Crippen MR) is 86.4 cm³/mol. The van der Waals surface area contributed by atoms with Crippen LogP contribution in [0, 0.1) is 0 Å². The molecule has 0 spiro atoms. The van der Waals surface area contributed by atoms with E-state index in [0.717, 1.165) is 38.6 Å². The highest BCUT2D eigenvalue weighted by Gasteiger charge is 2.26. The standard InChI is InChI=1S/C15H29N3OS/c1-15(2,3)16-14(19)18-8-4-7-17(9-10-18)13-5-11-20-12-6-13/h13H,4-12H2,1-3H3,(H,16,19). The second-order valence-electron chi connectivity index (χ2n) is 6.90. The zero-order chi connectivity index (χ0) is 14.6. The van der Waals surface area contributed by atoms with Gasteiger partial charge in [0.15, 0.2) is 0 Å². The van der Waals surface area contributed by atoms with E-state index in [1.807, 2.05) is 25.7 Å². The van der Waals surface area contributed by atoms with Gasteiger partial charge in [0.25, 0.3) is 0 Å². The Labute approximate surface area is 127 Å². The zero-order valence-corrected chi connectivity index (χ0v) is 14.0. The van der Waals surface area contributed by atoms with Crippen molar-refractivity contribution >= 4 is 17.8 Å². The molecule has 2 rings (SSSR count). The van der Waals surface area contributed by atoms with Gasteiger partial charge in [-0.2, -0.15) is 11.8 Å². The van der Waals surface area contributed by atoms with Gasteiger partial charge >= 0.3 is 6.03 Å². The van der Waals surface area contributed by atoms with Crippen molar-refractivity contribution in [2.45, 2.75) is 51.6 Å². The van der Waals surface area contributed by atoms with Gasteiger partial charge in [-0.1, -0.05) is 0 Å². The molecule has 0 atom stereocenters. The largest absolute Gasteiger partial charge is 0.333 e. The number of rotatable bonds is 1. The summed E-state index contributed by atoms with van der Waals surface area (Å²) in [5.74, 6) is 2.60. The molecule has 2 heterocycles. The molecule has 2 saturated heterocycles. The fourth-order valence-corrected chi connectivity index (χ4v) is 4.04. The van der Waals surface area contributed by atoms with E-state index in [2.05, 4.69) is 22.0 Å². The molecule has 4 nitrogen and oxygen atoms in total. The molecular weight excluding hydrogens is 270 g/mol. The molecule has 2 fully saturated rings. The Hall–Kier alpha value is -0.420. The molecule has 1 N–H and O–H groups in total. The SMILES string of the molecule is CC(C)(C)NC(=O)N1CCCN(C2CCSCC2)CC1. The molecule has 0 aliphatic carbocycles. The molecule has 20 heavy (non-hydrogen) atoms. The first-order valence-electron chi connectivity index (χ1n) is 7.84. The Bertz CT molecular complexity index is 324. The van der Waals surface area contributed by atoms with E-state index in [1.54, 1.807) is 0 Å². The second-order valence-corrected chi connectivity index (χ2v) is 8.13. The number of urea groups is 1. The van der Waals surface area contributed by atoms with Crippen LogP contribution in [-0.4, -0.2) is 65.1 Å². The van der Waals surface area contributed by atoms with Gasteiger partial charge in [0.05, 0.1) is 0 Å². The van der Waals surface area contributed by atoms with E-state index in [1.165, 1.54) is 24.3 Å². The molecule has 0 radical (unpaired) electrons. The molecule has 0 saturated carbocycles. The number of nitrogens with one attached hydrogen (secondary N) is 1. The minimum atomic E-state index is -0.149. The first kappa shape index (κ1) is 16.0. The molecular formula is C15H29N3OS. The van der Waals surface area contributed by atoms with Gasteiger partial charge in [0.2, 0.25) is 0 Å². The lowest BCUT2D eigenvalue weighted by Crippen LogP contribution is -2.49. The lowest BCUT2D eigenvalue weighted by atomic mass is 10.1. The Morgan fingerprint density at radius 2 is 1.80 bits per heavy atom. The van der Waals surface area contributed by atoms with Crippen LogP contribution in [0.1, 0.15) is 40.0 Å². The van der Waals surface area contributed by atoms with E-state index in [-0.39, 0.29) is 11.6 Å². The average Bonchev–Trinajstić information content (AvgIpc) is 2.63. The highest BCUT2D eigenvalue weighted by molar-refractivity contribution is 7.99. The topological polar surface area (TPSA) is 35.6 Å². The van der Waals surface area contributed by atoms with Crippen molar-refractivity contribution in [1.82, 2.24) is 15.1 Å². The van der Waals surface area contributed by atoms with E-state index >= 15 is 0 Å². The third-order valence-corrected chi connectivity index (χ3v) is 5.06. The van der Waals surface area contributed by atoms with Gasteiger partial charge in [0, 0.05) is 37.8 Å². The third-order valence-electron chi connectivity index (χ3n) is 4.01. The predicted octanol–water partition coefficient (Wildman–Crippen LogP) is 2.40. The Morgan fingerprint density at radius 1 is 1.10 bits per heavy atom. The monoisotopic (exact) mass is 299 g/mol. The molecule has 2 aliphatic rings. The molecule has 2 amide bonds. The lowest BCUT2D eigenvalue weighted by Gasteiger charge is -2.33. The van der Waals surface area contributed by atoms with Crippen molar-refractivity contribution in [2.24, 2.45) is 0 Å². The quantitative estimate of drug-likeness (QED) is 0.807. The summed E-state index contributed by atoms with van der Waals surface area (Å²) in [5.41, 5.74) is -0.149. The summed E-state index contributed by atoms with van der Waals surface area (Å²) in [5, 5.41) is 3.08. The van der Waals surface area contributed by atoms with Crippen molar-refractivity contribution in [1.29, 1.82) is 0 Å². The van der Waals surface area contributed by atoms with Crippen molar-refractivity contribution < 1.29 is 4.79 Å². The number of nitrogens with zero attached hydrogens (tertiary/aromatic N) is 2. The van der Waals surface area contributed by atoms with Crippen LogP contribution in [0.25, 0.3) is 0 Å². The van der Waals surface area contributed by atoms with Crippen molar-refractivity contribution in [3.63, 3.8) is 0 Å². The smallest absolute Gasteiger partial charge is 0.317 e. The minimum Gasteiger partial charge on any atom is -0.333 e. The van der Waals surface area contributed by atoms with E-state index in [4.69, 9.17) is 0 Å². The summed E-state index contributed by atoms with van der Waals surface area (Å²) < 4.78 is 0. The number of carbonyl (C=O) groups is 1. The van der Waals surface area contributed by atoms with E-state index in [9.17, 15) is 4.79 Å². The summed E-state index contributed by atoms with van der Waals surface area (Å²) in [6.07, 6.45) is 3.74. The summed E-state index contributed by atoms with van der Waals surface area (Å²) in [7, 11) is 0. The average molecular weight is 299 g/mol. The van der Waals surface area contributed by atoms with Crippen LogP contribution in [0.15, 0.2) is 0 Å². The van der Waals surface area contributed by atoms with Gasteiger partial charge in [-0.3, -0.25) is 4.90 Å². The van der Waals surface area contributed by atoms with Crippen LogP contribution >= 0.6 is 11.8 Å². The molecule has 0 unspecified atom stereocenters. The molecule has 5 heteroatoms. The summed E-state index contributed by atoms with van der Waals surface area (Å²) in [6.45, 7) is 10.0. The first-order valence-corrected chi connectivity index (χ1v) is 9.00. The maximum atomic E-state index is 12.2. The molecule has 0 aromatic carbocycles. The molecule has 116 valence electrons. The molecule has 0 bridgehead atoms. The fraction of sp³-hybridized carbons (Fsp3) is 0.933. The highest BCUT2D eigenvalue weighted by Crippen LogP contribution is 2.22. The Morgan fingerprint density at radius 3 is 2.45 bits per heavy atom. The third kappa shape index (κ3) is 4.85. The van der Waals surface area contributed by atoms with E-state index in [0.29, 0.717) is 0 Å². The van der Waals surface area contributed by atoms with Gasteiger partial charge in [-0.05, 0) is 51.5 Å². The normalized spacial score (nSPS) is 23.4. The molecule has 0 aromatic rings. The van der Waals surface area contributed by atoms with Crippen LogP contribution < -0.4 is 5.32 Å². The number of amides is 2. The number of hydrogen-bond donors (Lipinski definition) is 1. The maximum absolute atomic E-state index is 12.2. The zero-order valence-electron chi connectivity index (χ0n) is 13.2. The number of thioether (sulfide) groups is 1. The van der Waals surface area contributed by atoms with Crippen LogP contribution in [0.2, 0.25) is 0 Å². The lowest BCUT2D eigenvalue weighted by molar-refractivity contribution is 0.177. The van der Waals surface area contributed by atoms with Gasteiger partial charge in [-0.15, -0.1) is 0 Å². The van der Waals surface area contributed by atoms with Crippen LogP contribution in [-0.2, 0) is 0 Å². The highest BCUT2D eigenvalue weighted by atomic mass is 32.2. The maximum Gasteiger partial charge on any atom is 0.317 e. The first-order chi connectivity index (χ1) is 9.46. The van der Waals surface area contributed by atoms with Crippen molar-refractivity contribution in [3.05, 3.63) is 0 Å². The summed E-state index contributed by atoms with van der Waals surface area (Å²) >= 11 is 2.08. The van der Waals surface area contributed by atoms with Crippen molar-refractivity contribution in [3.8, 4) is 0 Å². The van der Waals surface area contributed by atoms with E-state index < -0.39 is 0 Å². The van der Waals surface area contributed by atoms with Gasteiger partial charge in [-0.25, -0.2) is 4.79 Å². The molecule has 2 aliphatic heterocycles. The number of carbonyl (C=O) groups excluding carboxylic acids is 1. The second kappa shape index (κ2) is 7.03. The van der Waals surface area contributed by atoms with Gasteiger partial charge < -0.3 is 10.2 Å².